The molecule has 1 aromatic rings. The zero-order chi connectivity index (χ0) is 18.9. The molecule has 0 bridgehead atoms. The molecule has 26 heavy (non-hydrogen) atoms. The maximum atomic E-state index is 11.9. The fourth-order valence-corrected chi connectivity index (χ4v) is 2.84. The summed E-state index contributed by atoms with van der Waals surface area (Å²) >= 11 is 12.0. The molecule has 1 fully saturated rings. The third-order valence-corrected chi connectivity index (χ3v) is 4.55. The van der Waals surface area contributed by atoms with Gasteiger partial charge in [-0.2, -0.15) is 0 Å². The van der Waals surface area contributed by atoms with E-state index in [1.165, 1.54) is 7.05 Å². The lowest BCUT2D eigenvalue weighted by atomic mass is 10.3. The van der Waals surface area contributed by atoms with Crippen LogP contribution < -0.4 is 10.1 Å². The van der Waals surface area contributed by atoms with Crippen LogP contribution in [0.1, 0.15) is 6.42 Å². The molecule has 0 atom stereocenters. The number of ether oxygens (including phenoxy) is 2. The Bertz CT molecular complexity index is 622. The number of amides is 2. The first-order chi connectivity index (χ1) is 12.5. The number of carbonyl (C=O) groups is 2. The molecule has 1 saturated heterocycles. The fraction of sp³-hybridized carbons (Fsp3) is 0.529. The molecule has 2 rings (SSSR count). The molecule has 144 valence electrons. The predicted molar refractivity (Wildman–Crippen MR) is 100 cm³/mol. The second kappa shape index (κ2) is 10.4. The lowest BCUT2D eigenvalue weighted by Gasteiger charge is -2.33. The lowest BCUT2D eigenvalue weighted by molar-refractivity contribution is -0.123. The van der Waals surface area contributed by atoms with Crippen LogP contribution in [0, 0.1) is 0 Å². The summed E-state index contributed by atoms with van der Waals surface area (Å²) in [5, 5.41) is 3.53. The van der Waals surface area contributed by atoms with Crippen molar-refractivity contribution in [2.24, 2.45) is 0 Å². The predicted octanol–water partition coefficient (Wildman–Crippen LogP) is 2.26. The standard InChI is InChI=1S/C17H23Cl2N3O4/c1-20-16(23)12-26-17(24)22-8-6-21(7-9-22)5-2-10-25-15-11-13(18)3-4-14(15)19/h3-4,11H,2,5-10,12H2,1H3,(H,20,23). The number of benzene rings is 1. The van der Waals surface area contributed by atoms with Gasteiger partial charge in [0.1, 0.15) is 5.75 Å². The minimum absolute atomic E-state index is 0.251. The monoisotopic (exact) mass is 403 g/mol. The summed E-state index contributed by atoms with van der Waals surface area (Å²) < 4.78 is 10.6. The van der Waals surface area contributed by atoms with E-state index in [4.69, 9.17) is 32.7 Å². The van der Waals surface area contributed by atoms with E-state index in [1.807, 2.05) is 0 Å². The molecule has 0 unspecified atom stereocenters. The first kappa shape index (κ1) is 20.6. The van der Waals surface area contributed by atoms with Crippen LogP contribution in [0.15, 0.2) is 18.2 Å². The van der Waals surface area contributed by atoms with E-state index in [0.29, 0.717) is 35.5 Å². The van der Waals surface area contributed by atoms with E-state index in [2.05, 4.69) is 10.2 Å². The van der Waals surface area contributed by atoms with Crippen molar-refractivity contribution < 1.29 is 19.1 Å². The molecule has 1 aliphatic heterocycles. The van der Waals surface area contributed by atoms with Crippen LogP contribution in [0.4, 0.5) is 4.79 Å². The fourth-order valence-electron chi connectivity index (χ4n) is 2.50. The van der Waals surface area contributed by atoms with Crippen LogP contribution in [0.25, 0.3) is 0 Å². The van der Waals surface area contributed by atoms with Gasteiger partial charge in [-0.1, -0.05) is 23.2 Å². The molecule has 0 aliphatic carbocycles. The van der Waals surface area contributed by atoms with Crippen LogP contribution in [0.5, 0.6) is 5.75 Å². The Hall–Kier alpha value is -1.70. The third kappa shape index (κ3) is 6.55. The van der Waals surface area contributed by atoms with Gasteiger partial charge in [-0.15, -0.1) is 0 Å². The SMILES string of the molecule is CNC(=O)COC(=O)N1CCN(CCCOc2cc(Cl)ccc2Cl)CC1. The van der Waals surface area contributed by atoms with Gasteiger partial charge >= 0.3 is 6.09 Å². The maximum absolute atomic E-state index is 11.9. The zero-order valence-corrected chi connectivity index (χ0v) is 16.2. The van der Waals surface area contributed by atoms with Crippen LogP contribution in [0.3, 0.4) is 0 Å². The second-order valence-electron chi connectivity index (χ2n) is 5.83. The number of carbonyl (C=O) groups excluding carboxylic acids is 2. The Labute approximate surface area is 163 Å². The summed E-state index contributed by atoms with van der Waals surface area (Å²) in [4.78, 5) is 26.8. The van der Waals surface area contributed by atoms with Gasteiger partial charge in [0.2, 0.25) is 0 Å². The van der Waals surface area contributed by atoms with Crippen LogP contribution >= 0.6 is 23.2 Å². The van der Waals surface area contributed by atoms with E-state index in [-0.39, 0.29) is 12.5 Å². The zero-order valence-electron chi connectivity index (χ0n) is 14.7. The Kier molecular flexibility index (Phi) is 8.28. The summed E-state index contributed by atoms with van der Waals surface area (Å²) in [6.07, 6.45) is 0.386. The van der Waals surface area contributed by atoms with Gasteiger partial charge in [0, 0.05) is 50.9 Å². The van der Waals surface area contributed by atoms with Gasteiger partial charge in [-0.25, -0.2) is 4.79 Å². The summed E-state index contributed by atoms with van der Waals surface area (Å²) in [7, 11) is 1.50. The van der Waals surface area contributed by atoms with Gasteiger partial charge in [0.05, 0.1) is 11.6 Å². The number of rotatable bonds is 7. The average molecular weight is 404 g/mol. The molecular weight excluding hydrogens is 381 g/mol. The lowest BCUT2D eigenvalue weighted by Crippen LogP contribution is -2.49. The topological polar surface area (TPSA) is 71.1 Å². The molecular formula is C17H23Cl2N3O4. The molecule has 1 heterocycles. The summed E-state index contributed by atoms with van der Waals surface area (Å²) in [5.74, 6) is 0.264. The molecule has 0 saturated carbocycles. The van der Waals surface area contributed by atoms with E-state index in [0.717, 1.165) is 26.1 Å². The molecule has 1 aliphatic rings. The van der Waals surface area contributed by atoms with Gasteiger partial charge in [0.25, 0.3) is 5.91 Å². The van der Waals surface area contributed by atoms with Crippen molar-refractivity contribution in [1.29, 1.82) is 0 Å². The highest BCUT2D eigenvalue weighted by Gasteiger charge is 2.22. The van der Waals surface area contributed by atoms with Crippen molar-refractivity contribution >= 4 is 35.2 Å². The van der Waals surface area contributed by atoms with Crippen LogP contribution in [0.2, 0.25) is 10.0 Å². The second-order valence-corrected chi connectivity index (χ2v) is 6.68. The van der Waals surface area contributed by atoms with Crippen molar-refractivity contribution in [3.8, 4) is 5.75 Å². The largest absolute Gasteiger partial charge is 0.492 e. The van der Waals surface area contributed by atoms with Crippen molar-refractivity contribution in [2.45, 2.75) is 6.42 Å². The molecule has 0 aromatic heterocycles. The normalized spacial score (nSPS) is 14.8. The molecule has 1 aromatic carbocycles. The Balaban J connectivity index is 1.62. The molecule has 0 spiro atoms. The number of piperazine rings is 1. The number of hydrogen-bond donors (Lipinski definition) is 1. The van der Waals surface area contributed by atoms with E-state index < -0.39 is 6.09 Å². The van der Waals surface area contributed by atoms with E-state index in [1.54, 1.807) is 23.1 Å². The summed E-state index contributed by atoms with van der Waals surface area (Å²) in [5.41, 5.74) is 0. The highest BCUT2D eigenvalue weighted by Crippen LogP contribution is 2.27. The third-order valence-electron chi connectivity index (χ3n) is 4.01. The number of hydrogen-bond acceptors (Lipinski definition) is 5. The van der Waals surface area contributed by atoms with Gasteiger partial charge < -0.3 is 19.7 Å². The quantitative estimate of drug-likeness (QED) is 0.706. The minimum Gasteiger partial charge on any atom is -0.492 e. The Morgan fingerprint density at radius 2 is 1.92 bits per heavy atom. The van der Waals surface area contributed by atoms with E-state index >= 15 is 0 Å². The van der Waals surface area contributed by atoms with Crippen LogP contribution in [-0.4, -0.2) is 74.8 Å². The Morgan fingerprint density at radius 1 is 1.19 bits per heavy atom. The van der Waals surface area contributed by atoms with E-state index in [9.17, 15) is 9.59 Å². The van der Waals surface area contributed by atoms with Crippen molar-refractivity contribution in [1.82, 2.24) is 15.1 Å². The average Bonchev–Trinajstić information content (AvgIpc) is 2.66. The molecule has 1 N–H and O–H groups in total. The first-order valence-electron chi connectivity index (χ1n) is 8.42. The highest BCUT2D eigenvalue weighted by atomic mass is 35.5. The smallest absolute Gasteiger partial charge is 0.410 e. The molecule has 0 radical (unpaired) electrons. The highest BCUT2D eigenvalue weighted by molar-refractivity contribution is 6.34. The molecule has 2 amide bonds. The van der Waals surface area contributed by atoms with Crippen molar-refractivity contribution in [3.05, 3.63) is 28.2 Å². The Morgan fingerprint density at radius 3 is 2.62 bits per heavy atom. The van der Waals surface area contributed by atoms with Gasteiger partial charge in [-0.05, 0) is 18.6 Å². The number of nitrogens with one attached hydrogen (secondary N) is 1. The summed E-state index contributed by atoms with van der Waals surface area (Å²) in [6, 6.07) is 5.13. The minimum atomic E-state index is -0.452. The molecule has 9 heteroatoms. The number of likely N-dealkylation sites (N-methyl/N-ethyl adjacent to an activating group) is 1. The van der Waals surface area contributed by atoms with Crippen molar-refractivity contribution in [2.75, 3.05) is 53.0 Å². The van der Waals surface area contributed by atoms with Gasteiger partial charge in [0.15, 0.2) is 6.61 Å². The molecule has 7 nitrogen and oxygen atoms in total. The summed E-state index contributed by atoms with van der Waals surface area (Å²) in [6.45, 7) is 3.81. The number of nitrogens with zero attached hydrogens (tertiary/aromatic N) is 2. The van der Waals surface area contributed by atoms with Crippen LogP contribution in [-0.2, 0) is 9.53 Å². The maximum Gasteiger partial charge on any atom is 0.410 e. The van der Waals surface area contributed by atoms with Gasteiger partial charge in [-0.3, -0.25) is 9.69 Å². The first-order valence-corrected chi connectivity index (χ1v) is 9.17. The van der Waals surface area contributed by atoms with Crippen molar-refractivity contribution in [3.63, 3.8) is 0 Å². The number of halogens is 2.